The molecule has 0 saturated carbocycles. The first kappa shape index (κ1) is 20.8. The predicted molar refractivity (Wildman–Crippen MR) is 120 cm³/mol. The van der Waals surface area contributed by atoms with E-state index in [0.717, 1.165) is 10.9 Å². The van der Waals surface area contributed by atoms with Crippen molar-refractivity contribution in [2.45, 2.75) is 26.4 Å². The van der Waals surface area contributed by atoms with Crippen LogP contribution in [0.2, 0.25) is 0 Å². The summed E-state index contributed by atoms with van der Waals surface area (Å²) in [6.07, 6.45) is 0. The van der Waals surface area contributed by atoms with Gasteiger partial charge in [-0.05, 0) is 62.2 Å². The van der Waals surface area contributed by atoms with Crippen molar-refractivity contribution >= 4 is 10.9 Å². The van der Waals surface area contributed by atoms with Gasteiger partial charge in [-0.15, -0.1) is 0 Å². The van der Waals surface area contributed by atoms with Gasteiger partial charge < -0.3 is 10.1 Å². The van der Waals surface area contributed by atoms with Gasteiger partial charge >= 0.3 is 0 Å². The minimum absolute atomic E-state index is 0.250. The molecule has 0 radical (unpaired) electrons. The number of fused-ring (bicyclic) bond motifs is 1. The molecule has 31 heavy (non-hydrogen) atoms. The summed E-state index contributed by atoms with van der Waals surface area (Å²) in [6, 6.07) is 19.0. The highest BCUT2D eigenvalue weighted by molar-refractivity contribution is 5.88. The van der Waals surface area contributed by atoms with E-state index in [1.165, 1.54) is 48.5 Å². The fraction of sp³-hybridized carbons (Fsp3) is 0.185. The highest BCUT2D eigenvalue weighted by Crippen LogP contribution is 2.40. The van der Waals surface area contributed by atoms with E-state index in [1.54, 1.807) is 0 Å². The predicted octanol–water partition coefficient (Wildman–Crippen LogP) is 6.13. The highest BCUT2D eigenvalue weighted by Gasteiger charge is 2.38. The Morgan fingerprint density at radius 2 is 1.29 bits per heavy atom. The molecule has 0 bridgehead atoms. The van der Waals surface area contributed by atoms with Crippen molar-refractivity contribution in [3.05, 3.63) is 107 Å². The van der Waals surface area contributed by atoms with Crippen molar-refractivity contribution in [1.82, 2.24) is 4.98 Å². The SMILES string of the molecule is CC(C)(C)C#Cc1c(C(O)(c2ccc(F)cc2)c2ccc(F)cc2)[nH]c2ccccc12. The molecule has 0 aliphatic carbocycles. The zero-order chi connectivity index (χ0) is 22.2. The topological polar surface area (TPSA) is 36.0 Å². The van der Waals surface area contributed by atoms with Crippen molar-refractivity contribution in [2.75, 3.05) is 0 Å². The molecule has 2 N–H and O–H groups in total. The maximum absolute atomic E-state index is 13.7. The second kappa shape index (κ2) is 7.68. The molecule has 3 aromatic carbocycles. The van der Waals surface area contributed by atoms with Crippen LogP contribution in [0.5, 0.6) is 0 Å². The second-order valence-electron chi connectivity index (χ2n) is 8.64. The molecule has 0 fully saturated rings. The van der Waals surface area contributed by atoms with Crippen molar-refractivity contribution in [2.24, 2.45) is 5.41 Å². The number of aromatic amines is 1. The fourth-order valence-electron chi connectivity index (χ4n) is 3.63. The number of para-hydroxylation sites is 1. The summed E-state index contributed by atoms with van der Waals surface area (Å²) in [4.78, 5) is 3.33. The van der Waals surface area contributed by atoms with E-state index in [2.05, 4.69) is 16.8 Å². The molecule has 2 nitrogen and oxygen atoms in total. The Hall–Kier alpha value is -3.42. The highest BCUT2D eigenvalue weighted by atomic mass is 19.1. The normalized spacial score (nSPS) is 11.9. The lowest BCUT2D eigenvalue weighted by Crippen LogP contribution is -2.30. The molecule has 0 atom stereocenters. The summed E-state index contributed by atoms with van der Waals surface area (Å²) < 4.78 is 27.3. The standard InChI is InChI=1S/C27H23F2NO/c1-26(2,3)17-16-23-22-6-4-5-7-24(22)30-25(23)27(31,18-8-12-20(28)13-9-18)19-10-14-21(29)15-11-19/h4-15,30-31H,1-3H3. The van der Waals surface area contributed by atoms with Gasteiger partial charge in [0, 0.05) is 16.3 Å². The number of rotatable bonds is 3. The molecule has 156 valence electrons. The summed E-state index contributed by atoms with van der Waals surface area (Å²) in [5.74, 6) is 5.69. The van der Waals surface area contributed by atoms with E-state index >= 15 is 0 Å². The third-order valence-corrected chi connectivity index (χ3v) is 5.15. The van der Waals surface area contributed by atoms with Gasteiger partial charge in [0.1, 0.15) is 11.6 Å². The Balaban J connectivity index is 2.07. The van der Waals surface area contributed by atoms with Crippen LogP contribution in [0.1, 0.15) is 43.2 Å². The number of benzene rings is 3. The molecule has 0 saturated heterocycles. The molecular formula is C27H23F2NO. The number of aromatic nitrogens is 1. The van der Waals surface area contributed by atoms with E-state index < -0.39 is 17.2 Å². The summed E-state index contributed by atoms with van der Waals surface area (Å²) >= 11 is 0. The van der Waals surface area contributed by atoms with Crippen molar-refractivity contribution in [3.8, 4) is 11.8 Å². The number of hydrogen-bond acceptors (Lipinski definition) is 1. The third kappa shape index (κ3) is 3.97. The molecule has 1 aromatic heterocycles. The van der Waals surface area contributed by atoms with E-state index in [4.69, 9.17) is 0 Å². The largest absolute Gasteiger partial charge is 0.374 e. The Kier molecular flexibility index (Phi) is 5.16. The zero-order valence-corrected chi connectivity index (χ0v) is 17.6. The average Bonchev–Trinajstić information content (AvgIpc) is 3.11. The number of H-pyrrole nitrogens is 1. The van der Waals surface area contributed by atoms with Crippen LogP contribution in [-0.2, 0) is 5.60 Å². The molecule has 4 rings (SSSR count). The van der Waals surface area contributed by atoms with Crippen molar-refractivity contribution in [1.29, 1.82) is 0 Å². The van der Waals surface area contributed by atoms with Gasteiger partial charge in [-0.3, -0.25) is 0 Å². The van der Waals surface area contributed by atoms with Gasteiger partial charge in [0.25, 0.3) is 0 Å². The minimum atomic E-state index is -1.69. The Bertz CT molecular complexity index is 1240. The second-order valence-corrected chi connectivity index (χ2v) is 8.64. The lowest BCUT2D eigenvalue weighted by atomic mass is 9.81. The minimum Gasteiger partial charge on any atom is -0.374 e. The maximum atomic E-state index is 13.7. The van der Waals surface area contributed by atoms with Gasteiger partial charge in [0.2, 0.25) is 0 Å². The molecule has 0 amide bonds. The van der Waals surface area contributed by atoms with Crippen LogP contribution in [-0.4, -0.2) is 10.1 Å². The quantitative estimate of drug-likeness (QED) is 0.388. The first-order chi connectivity index (χ1) is 14.7. The van der Waals surface area contributed by atoms with Crippen LogP contribution < -0.4 is 0 Å². The lowest BCUT2D eigenvalue weighted by molar-refractivity contribution is 0.121. The molecule has 4 aromatic rings. The number of aliphatic hydroxyl groups is 1. The van der Waals surface area contributed by atoms with Crippen molar-refractivity contribution in [3.63, 3.8) is 0 Å². The molecular weight excluding hydrogens is 392 g/mol. The van der Waals surface area contributed by atoms with Crippen LogP contribution in [0, 0.1) is 28.9 Å². The first-order valence-corrected chi connectivity index (χ1v) is 10.1. The van der Waals surface area contributed by atoms with E-state index in [9.17, 15) is 13.9 Å². The van der Waals surface area contributed by atoms with Gasteiger partial charge in [-0.2, -0.15) is 0 Å². The number of hydrogen-bond donors (Lipinski definition) is 2. The third-order valence-electron chi connectivity index (χ3n) is 5.15. The number of nitrogens with one attached hydrogen (secondary N) is 1. The molecule has 0 aliphatic heterocycles. The molecule has 0 unspecified atom stereocenters. The zero-order valence-electron chi connectivity index (χ0n) is 17.6. The van der Waals surface area contributed by atoms with Crippen LogP contribution in [0.3, 0.4) is 0 Å². The fourth-order valence-corrected chi connectivity index (χ4v) is 3.63. The van der Waals surface area contributed by atoms with E-state index in [0.29, 0.717) is 22.4 Å². The Morgan fingerprint density at radius 1 is 0.774 bits per heavy atom. The van der Waals surface area contributed by atoms with Gasteiger partial charge in [0.05, 0.1) is 11.3 Å². The van der Waals surface area contributed by atoms with Crippen LogP contribution in [0.25, 0.3) is 10.9 Å². The molecule has 0 aliphatic rings. The summed E-state index contributed by atoms with van der Waals surface area (Å²) in [5.41, 5.74) is 0.891. The Labute approximate surface area is 180 Å². The average molecular weight is 415 g/mol. The van der Waals surface area contributed by atoms with Gasteiger partial charge in [0.15, 0.2) is 5.60 Å². The first-order valence-electron chi connectivity index (χ1n) is 10.1. The maximum Gasteiger partial charge on any atom is 0.156 e. The monoisotopic (exact) mass is 415 g/mol. The van der Waals surface area contributed by atoms with Gasteiger partial charge in [-0.1, -0.05) is 54.3 Å². The van der Waals surface area contributed by atoms with E-state index in [1.807, 2.05) is 45.0 Å². The lowest BCUT2D eigenvalue weighted by Gasteiger charge is -2.29. The van der Waals surface area contributed by atoms with Gasteiger partial charge in [-0.25, -0.2) is 8.78 Å². The van der Waals surface area contributed by atoms with Crippen LogP contribution >= 0.6 is 0 Å². The smallest absolute Gasteiger partial charge is 0.156 e. The van der Waals surface area contributed by atoms with Crippen LogP contribution in [0.4, 0.5) is 8.78 Å². The summed E-state index contributed by atoms with van der Waals surface area (Å²) in [7, 11) is 0. The summed E-state index contributed by atoms with van der Waals surface area (Å²) in [5, 5.41) is 13.0. The molecule has 1 heterocycles. The molecule has 4 heteroatoms. The van der Waals surface area contributed by atoms with E-state index in [-0.39, 0.29) is 5.41 Å². The molecule has 0 spiro atoms. The van der Waals surface area contributed by atoms with Crippen molar-refractivity contribution < 1.29 is 13.9 Å². The van der Waals surface area contributed by atoms with Crippen LogP contribution in [0.15, 0.2) is 72.8 Å². The Morgan fingerprint density at radius 3 is 1.81 bits per heavy atom. The summed E-state index contributed by atoms with van der Waals surface area (Å²) in [6.45, 7) is 6.04. The number of halogens is 2.